The molecule has 0 aliphatic carbocycles. The maximum atomic E-state index is 8.86. The Morgan fingerprint density at radius 2 is 1.88 bits per heavy atom. The van der Waals surface area contributed by atoms with Gasteiger partial charge in [0.2, 0.25) is 0 Å². The normalized spacial score (nSPS) is 11.0. The third-order valence-corrected chi connectivity index (χ3v) is 3.84. The summed E-state index contributed by atoms with van der Waals surface area (Å²) in [6, 6.07) is 9.20. The summed E-state index contributed by atoms with van der Waals surface area (Å²) in [5.41, 5.74) is 0.818. The molecular formula is C20H26N2O2. The minimum absolute atomic E-state index is 0.0664. The molecule has 0 amide bonds. The van der Waals surface area contributed by atoms with Gasteiger partial charge in [-0.3, -0.25) is 0 Å². The van der Waals surface area contributed by atoms with Gasteiger partial charge in [-0.15, -0.1) is 0 Å². The Bertz CT molecular complexity index is 608. The van der Waals surface area contributed by atoms with Gasteiger partial charge in [-0.1, -0.05) is 39.2 Å². The lowest BCUT2D eigenvalue weighted by molar-refractivity contribution is 0.219. The van der Waals surface area contributed by atoms with Crippen molar-refractivity contribution in [2.75, 3.05) is 13.2 Å². The fourth-order valence-corrected chi connectivity index (χ4v) is 2.36. The summed E-state index contributed by atoms with van der Waals surface area (Å²) >= 11 is 0. The SMILES string of the molecule is CCCCC(CC)COc1ccc(C=C(C#N)C#N)cc1OCC. The van der Waals surface area contributed by atoms with Crippen LogP contribution < -0.4 is 9.47 Å². The van der Waals surface area contributed by atoms with Crippen LogP contribution in [0.3, 0.4) is 0 Å². The molecule has 24 heavy (non-hydrogen) atoms. The molecule has 1 unspecified atom stereocenters. The first-order chi connectivity index (χ1) is 11.7. The van der Waals surface area contributed by atoms with E-state index in [2.05, 4.69) is 13.8 Å². The molecule has 0 heterocycles. The first-order valence-corrected chi connectivity index (χ1v) is 8.59. The Kier molecular flexibility index (Phi) is 9.09. The Morgan fingerprint density at radius 1 is 1.12 bits per heavy atom. The Morgan fingerprint density at radius 3 is 2.46 bits per heavy atom. The van der Waals surface area contributed by atoms with E-state index in [-0.39, 0.29) is 5.57 Å². The van der Waals surface area contributed by atoms with Crippen LogP contribution in [0.1, 0.15) is 52.0 Å². The van der Waals surface area contributed by atoms with Crippen LogP contribution in [0.25, 0.3) is 6.08 Å². The number of hydrogen-bond donors (Lipinski definition) is 0. The second-order valence-corrected chi connectivity index (χ2v) is 5.65. The van der Waals surface area contributed by atoms with Crippen molar-refractivity contribution >= 4 is 6.08 Å². The Balaban J connectivity index is 2.89. The molecule has 0 aliphatic heterocycles. The topological polar surface area (TPSA) is 66.0 Å². The van der Waals surface area contributed by atoms with E-state index in [1.54, 1.807) is 12.1 Å². The fourth-order valence-electron chi connectivity index (χ4n) is 2.36. The molecule has 128 valence electrons. The zero-order valence-electron chi connectivity index (χ0n) is 14.8. The second-order valence-electron chi connectivity index (χ2n) is 5.65. The highest BCUT2D eigenvalue weighted by molar-refractivity contribution is 5.64. The van der Waals surface area contributed by atoms with Crippen LogP contribution in [0.2, 0.25) is 0 Å². The van der Waals surface area contributed by atoms with Crippen LogP contribution in [0.4, 0.5) is 0 Å². The summed E-state index contributed by atoms with van der Waals surface area (Å²) in [6.07, 6.45) is 6.23. The van der Waals surface area contributed by atoms with Crippen LogP contribution in [0.5, 0.6) is 11.5 Å². The van der Waals surface area contributed by atoms with Crippen molar-refractivity contribution in [1.29, 1.82) is 10.5 Å². The van der Waals surface area contributed by atoms with Gasteiger partial charge in [0.1, 0.15) is 17.7 Å². The highest BCUT2D eigenvalue weighted by atomic mass is 16.5. The predicted octanol–water partition coefficient (Wildman–Crippen LogP) is 5.11. The van der Waals surface area contributed by atoms with Gasteiger partial charge < -0.3 is 9.47 Å². The fraction of sp³-hybridized carbons (Fsp3) is 0.500. The zero-order valence-corrected chi connectivity index (χ0v) is 14.8. The molecular weight excluding hydrogens is 300 g/mol. The molecule has 4 nitrogen and oxygen atoms in total. The average molecular weight is 326 g/mol. The number of nitrogens with zero attached hydrogens (tertiary/aromatic N) is 2. The van der Waals surface area contributed by atoms with Crippen molar-refractivity contribution in [3.05, 3.63) is 29.3 Å². The molecule has 0 saturated heterocycles. The van der Waals surface area contributed by atoms with Gasteiger partial charge >= 0.3 is 0 Å². The Hall–Kier alpha value is -2.46. The molecule has 0 N–H and O–H groups in total. The van der Waals surface area contributed by atoms with E-state index in [0.717, 1.165) is 12.0 Å². The zero-order chi connectivity index (χ0) is 17.8. The number of allylic oxidation sites excluding steroid dienone is 1. The summed E-state index contributed by atoms with van der Waals surface area (Å²) in [7, 11) is 0. The molecule has 0 aromatic heterocycles. The van der Waals surface area contributed by atoms with Crippen molar-refractivity contribution in [3.63, 3.8) is 0 Å². The summed E-state index contributed by atoms with van der Waals surface area (Å²) in [5, 5.41) is 17.7. The lowest BCUT2D eigenvalue weighted by atomic mass is 10.0. The van der Waals surface area contributed by atoms with Gasteiger partial charge in [0.15, 0.2) is 11.5 Å². The van der Waals surface area contributed by atoms with Gasteiger partial charge in [0.25, 0.3) is 0 Å². The average Bonchev–Trinajstić information content (AvgIpc) is 2.61. The number of rotatable bonds is 10. The van der Waals surface area contributed by atoms with E-state index in [4.69, 9.17) is 20.0 Å². The van der Waals surface area contributed by atoms with E-state index in [1.165, 1.54) is 19.3 Å². The standard InChI is InChI=1S/C20H26N2O2/c1-4-7-8-16(5-2)15-24-19-10-9-17(11-18(13-21)14-22)12-20(19)23-6-3/h9-12,16H,4-8,15H2,1-3H3. The minimum Gasteiger partial charge on any atom is -0.490 e. The summed E-state index contributed by atoms with van der Waals surface area (Å²) in [6.45, 7) is 7.50. The number of benzene rings is 1. The van der Waals surface area contributed by atoms with Crippen LogP contribution in [0, 0.1) is 28.6 Å². The van der Waals surface area contributed by atoms with Crippen LogP contribution in [0.15, 0.2) is 23.8 Å². The number of nitriles is 2. The summed E-state index contributed by atoms with van der Waals surface area (Å²) in [4.78, 5) is 0. The van der Waals surface area contributed by atoms with Crippen LogP contribution in [-0.4, -0.2) is 13.2 Å². The van der Waals surface area contributed by atoms with Gasteiger partial charge in [-0.05, 0) is 43.0 Å². The molecule has 0 aliphatic rings. The molecule has 4 heteroatoms. The predicted molar refractivity (Wildman–Crippen MR) is 95.6 cm³/mol. The first kappa shape index (κ1) is 19.6. The molecule has 0 radical (unpaired) electrons. The molecule has 1 aromatic carbocycles. The molecule has 0 fully saturated rings. The maximum absolute atomic E-state index is 8.86. The third-order valence-electron chi connectivity index (χ3n) is 3.84. The van der Waals surface area contributed by atoms with Crippen LogP contribution in [-0.2, 0) is 0 Å². The molecule has 0 spiro atoms. The van der Waals surface area contributed by atoms with Gasteiger partial charge in [-0.2, -0.15) is 10.5 Å². The van der Waals surface area contributed by atoms with E-state index in [1.807, 2.05) is 31.2 Å². The lowest BCUT2D eigenvalue weighted by Crippen LogP contribution is -2.12. The molecule has 0 saturated carbocycles. The quantitative estimate of drug-likeness (QED) is 0.560. The Labute approximate surface area is 145 Å². The highest BCUT2D eigenvalue weighted by Gasteiger charge is 2.11. The largest absolute Gasteiger partial charge is 0.490 e. The third kappa shape index (κ3) is 6.34. The molecule has 1 aromatic rings. The molecule has 1 atom stereocenters. The molecule has 0 bridgehead atoms. The summed E-state index contributed by atoms with van der Waals surface area (Å²) < 4.78 is 11.6. The van der Waals surface area contributed by atoms with E-state index < -0.39 is 0 Å². The van der Waals surface area contributed by atoms with Crippen molar-refractivity contribution in [3.8, 4) is 23.6 Å². The number of ether oxygens (including phenoxy) is 2. The monoisotopic (exact) mass is 326 g/mol. The van der Waals surface area contributed by atoms with Crippen molar-refractivity contribution < 1.29 is 9.47 Å². The molecule has 1 rings (SSSR count). The van der Waals surface area contributed by atoms with Gasteiger partial charge in [-0.25, -0.2) is 0 Å². The van der Waals surface area contributed by atoms with E-state index in [0.29, 0.717) is 30.6 Å². The number of hydrogen-bond acceptors (Lipinski definition) is 4. The van der Waals surface area contributed by atoms with E-state index >= 15 is 0 Å². The van der Waals surface area contributed by atoms with E-state index in [9.17, 15) is 0 Å². The van der Waals surface area contributed by atoms with Gasteiger partial charge in [0.05, 0.1) is 13.2 Å². The highest BCUT2D eigenvalue weighted by Crippen LogP contribution is 2.30. The van der Waals surface area contributed by atoms with Crippen molar-refractivity contribution in [2.24, 2.45) is 5.92 Å². The first-order valence-electron chi connectivity index (χ1n) is 8.59. The summed E-state index contributed by atoms with van der Waals surface area (Å²) in [5.74, 6) is 1.90. The number of unbranched alkanes of at least 4 members (excludes halogenated alkanes) is 1. The smallest absolute Gasteiger partial charge is 0.161 e. The minimum atomic E-state index is 0.0664. The van der Waals surface area contributed by atoms with Crippen molar-refractivity contribution in [2.45, 2.75) is 46.5 Å². The lowest BCUT2D eigenvalue weighted by Gasteiger charge is -2.18. The van der Waals surface area contributed by atoms with Gasteiger partial charge in [0, 0.05) is 0 Å². The second kappa shape index (κ2) is 11.1. The van der Waals surface area contributed by atoms with Crippen LogP contribution >= 0.6 is 0 Å². The maximum Gasteiger partial charge on any atom is 0.161 e. The van der Waals surface area contributed by atoms with Crippen molar-refractivity contribution in [1.82, 2.24) is 0 Å².